The lowest BCUT2D eigenvalue weighted by atomic mass is 9.92. The van der Waals surface area contributed by atoms with Crippen LogP contribution in [-0.2, 0) is 5.41 Å². The summed E-state index contributed by atoms with van der Waals surface area (Å²) in [5.41, 5.74) is 1.16. The van der Waals surface area contributed by atoms with Crippen molar-refractivity contribution in [3.63, 3.8) is 0 Å². The van der Waals surface area contributed by atoms with E-state index in [1.54, 1.807) is 6.33 Å². The van der Waals surface area contributed by atoms with Gasteiger partial charge in [-0.3, -0.25) is 0 Å². The SMILES string of the molecule is CN1CCC(Nc2cc(C(C)(C)C)ncn2)C1. The maximum absolute atomic E-state index is 4.34. The highest BCUT2D eigenvalue weighted by molar-refractivity contribution is 5.38. The van der Waals surface area contributed by atoms with E-state index in [0.29, 0.717) is 6.04 Å². The van der Waals surface area contributed by atoms with Crippen LogP contribution in [0.5, 0.6) is 0 Å². The lowest BCUT2D eigenvalue weighted by Crippen LogP contribution is -2.24. The molecule has 2 rings (SSSR count). The topological polar surface area (TPSA) is 41.0 Å². The summed E-state index contributed by atoms with van der Waals surface area (Å²) in [5.74, 6) is 0.949. The smallest absolute Gasteiger partial charge is 0.129 e. The molecule has 1 aliphatic heterocycles. The van der Waals surface area contributed by atoms with Crippen LogP contribution in [0.15, 0.2) is 12.4 Å². The molecule has 1 aromatic rings. The van der Waals surface area contributed by atoms with Crippen molar-refractivity contribution in [3.05, 3.63) is 18.1 Å². The summed E-state index contributed by atoms with van der Waals surface area (Å²) < 4.78 is 0. The van der Waals surface area contributed by atoms with Crippen LogP contribution >= 0.6 is 0 Å². The number of hydrogen-bond donors (Lipinski definition) is 1. The summed E-state index contributed by atoms with van der Waals surface area (Å²) in [5, 5.41) is 3.49. The van der Waals surface area contributed by atoms with Crippen molar-refractivity contribution >= 4 is 5.82 Å². The number of nitrogens with zero attached hydrogens (tertiary/aromatic N) is 3. The lowest BCUT2D eigenvalue weighted by Gasteiger charge is -2.19. The zero-order valence-corrected chi connectivity index (χ0v) is 11.2. The van der Waals surface area contributed by atoms with Gasteiger partial charge >= 0.3 is 0 Å². The van der Waals surface area contributed by atoms with Crippen molar-refractivity contribution in [2.45, 2.75) is 38.6 Å². The first-order chi connectivity index (χ1) is 7.95. The van der Waals surface area contributed by atoms with Gasteiger partial charge in [-0.15, -0.1) is 0 Å². The zero-order valence-electron chi connectivity index (χ0n) is 11.2. The summed E-state index contributed by atoms with van der Waals surface area (Å²) >= 11 is 0. The molecule has 1 saturated heterocycles. The van der Waals surface area contributed by atoms with Gasteiger partial charge in [0.1, 0.15) is 12.1 Å². The summed E-state index contributed by atoms with van der Waals surface area (Å²) in [6.45, 7) is 8.76. The van der Waals surface area contributed by atoms with E-state index in [2.05, 4.69) is 54.1 Å². The molecule has 0 radical (unpaired) electrons. The second-order valence-electron chi connectivity index (χ2n) is 5.93. The Balaban J connectivity index is 2.06. The molecule has 0 aliphatic carbocycles. The third-order valence-corrected chi connectivity index (χ3v) is 3.18. The van der Waals surface area contributed by atoms with Crippen LogP contribution in [0.3, 0.4) is 0 Å². The Hall–Kier alpha value is -1.16. The molecule has 4 heteroatoms. The summed E-state index contributed by atoms with van der Waals surface area (Å²) in [4.78, 5) is 11.0. The second kappa shape index (κ2) is 4.61. The molecule has 1 aliphatic rings. The molecule has 4 nitrogen and oxygen atoms in total. The standard InChI is InChI=1S/C13H22N4/c1-13(2,3)11-7-12(15-9-14-11)16-10-5-6-17(4)8-10/h7,9-10H,5-6,8H2,1-4H3,(H,14,15,16). The van der Waals surface area contributed by atoms with Crippen LogP contribution in [-0.4, -0.2) is 41.0 Å². The van der Waals surface area contributed by atoms with Gasteiger partial charge < -0.3 is 10.2 Å². The Morgan fingerprint density at radius 2 is 2.12 bits per heavy atom. The fourth-order valence-electron chi connectivity index (χ4n) is 2.11. The first-order valence-electron chi connectivity index (χ1n) is 6.23. The molecule has 17 heavy (non-hydrogen) atoms. The number of hydrogen-bond acceptors (Lipinski definition) is 4. The van der Waals surface area contributed by atoms with Gasteiger partial charge in [-0.2, -0.15) is 0 Å². The third kappa shape index (κ3) is 3.16. The van der Waals surface area contributed by atoms with E-state index in [-0.39, 0.29) is 5.41 Å². The molecule has 94 valence electrons. The number of likely N-dealkylation sites (N-methyl/N-ethyl adjacent to an activating group) is 1. The Kier molecular flexibility index (Phi) is 3.33. The molecule has 0 bridgehead atoms. The van der Waals surface area contributed by atoms with E-state index in [0.717, 1.165) is 24.6 Å². The van der Waals surface area contributed by atoms with E-state index in [1.807, 2.05) is 0 Å². The van der Waals surface area contributed by atoms with Crippen molar-refractivity contribution in [1.82, 2.24) is 14.9 Å². The fourth-order valence-corrected chi connectivity index (χ4v) is 2.11. The summed E-state index contributed by atoms with van der Waals surface area (Å²) in [7, 11) is 2.16. The fraction of sp³-hybridized carbons (Fsp3) is 0.692. The van der Waals surface area contributed by atoms with Gasteiger partial charge in [-0.1, -0.05) is 20.8 Å². The monoisotopic (exact) mass is 234 g/mol. The molecule has 1 atom stereocenters. The predicted molar refractivity (Wildman–Crippen MR) is 70.3 cm³/mol. The molecule has 0 amide bonds. The molecular weight excluding hydrogens is 212 g/mol. The van der Waals surface area contributed by atoms with Crippen molar-refractivity contribution in [3.8, 4) is 0 Å². The van der Waals surface area contributed by atoms with Crippen molar-refractivity contribution < 1.29 is 0 Å². The first-order valence-corrected chi connectivity index (χ1v) is 6.23. The van der Waals surface area contributed by atoms with Crippen LogP contribution < -0.4 is 5.32 Å². The Morgan fingerprint density at radius 3 is 2.71 bits per heavy atom. The van der Waals surface area contributed by atoms with Crippen molar-refractivity contribution in [1.29, 1.82) is 0 Å². The maximum Gasteiger partial charge on any atom is 0.129 e. The highest BCUT2D eigenvalue weighted by Gasteiger charge is 2.21. The maximum atomic E-state index is 4.34. The molecule has 1 unspecified atom stereocenters. The van der Waals surface area contributed by atoms with E-state index in [9.17, 15) is 0 Å². The molecule has 1 aromatic heterocycles. The molecule has 2 heterocycles. The molecule has 1 N–H and O–H groups in total. The molecule has 0 aromatic carbocycles. The van der Waals surface area contributed by atoms with E-state index in [4.69, 9.17) is 0 Å². The van der Waals surface area contributed by atoms with Crippen molar-refractivity contribution in [2.24, 2.45) is 0 Å². The van der Waals surface area contributed by atoms with Gasteiger partial charge in [0.2, 0.25) is 0 Å². The van der Waals surface area contributed by atoms with Crippen molar-refractivity contribution in [2.75, 3.05) is 25.5 Å². The van der Waals surface area contributed by atoms with Gasteiger partial charge in [-0.05, 0) is 20.0 Å². The van der Waals surface area contributed by atoms with Gasteiger partial charge in [0.05, 0.1) is 5.69 Å². The summed E-state index contributed by atoms with van der Waals surface area (Å²) in [6, 6.07) is 2.58. The highest BCUT2D eigenvalue weighted by Crippen LogP contribution is 2.22. The van der Waals surface area contributed by atoms with Gasteiger partial charge in [0, 0.05) is 24.1 Å². The highest BCUT2D eigenvalue weighted by atomic mass is 15.2. The average Bonchev–Trinajstić information content (AvgIpc) is 2.63. The third-order valence-electron chi connectivity index (χ3n) is 3.18. The van der Waals surface area contributed by atoms with E-state index < -0.39 is 0 Å². The second-order valence-corrected chi connectivity index (χ2v) is 5.93. The van der Waals surface area contributed by atoms with E-state index in [1.165, 1.54) is 6.42 Å². The van der Waals surface area contributed by atoms with Crippen LogP contribution in [0, 0.1) is 0 Å². The molecule has 0 spiro atoms. The molecule has 1 fully saturated rings. The van der Waals surface area contributed by atoms with Crippen LogP contribution in [0.2, 0.25) is 0 Å². The Morgan fingerprint density at radius 1 is 1.35 bits per heavy atom. The number of anilines is 1. The number of nitrogens with one attached hydrogen (secondary N) is 1. The Labute approximate surface area is 103 Å². The van der Waals surface area contributed by atoms with Gasteiger partial charge in [0.15, 0.2) is 0 Å². The molecule has 0 saturated carbocycles. The van der Waals surface area contributed by atoms with Gasteiger partial charge in [0.25, 0.3) is 0 Å². The van der Waals surface area contributed by atoms with Gasteiger partial charge in [-0.25, -0.2) is 9.97 Å². The average molecular weight is 234 g/mol. The van der Waals surface area contributed by atoms with Crippen LogP contribution in [0.1, 0.15) is 32.9 Å². The number of rotatable bonds is 2. The minimum absolute atomic E-state index is 0.0752. The quantitative estimate of drug-likeness (QED) is 0.848. The minimum atomic E-state index is 0.0752. The number of likely N-dealkylation sites (tertiary alicyclic amines) is 1. The molecular formula is C13H22N4. The normalized spacial score (nSPS) is 21.8. The lowest BCUT2D eigenvalue weighted by molar-refractivity contribution is 0.414. The largest absolute Gasteiger partial charge is 0.366 e. The van der Waals surface area contributed by atoms with Crippen LogP contribution in [0.25, 0.3) is 0 Å². The Bertz CT molecular complexity index is 383. The number of aromatic nitrogens is 2. The van der Waals surface area contributed by atoms with Crippen LogP contribution in [0.4, 0.5) is 5.82 Å². The first kappa shape index (κ1) is 12.3. The summed E-state index contributed by atoms with van der Waals surface area (Å²) in [6.07, 6.45) is 2.84. The van der Waals surface area contributed by atoms with E-state index >= 15 is 0 Å². The predicted octanol–water partition coefficient (Wildman–Crippen LogP) is 1.89. The minimum Gasteiger partial charge on any atom is -0.366 e. The zero-order chi connectivity index (χ0) is 12.5.